The third-order valence-corrected chi connectivity index (χ3v) is 13.3. The summed E-state index contributed by atoms with van der Waals surface area (Å²) in [4.78, 5) is 27.1. The topological polar surface area (TPSA) is 109 Å². The first-order valence-electron chi connectivity index (χ1n) is 21.3. The molecule has 322 valence electrons. The van der Waals surface area contributed by atoms with Crippen molar-refractivity contribution in [2.75, 3.05) is 39.3 Å². The summed E-state index contributed by atoms with van der Waals surface area (Å²) >= 11 is 2.96. The van der Waals surface area contributed by atoms with Gasteiger partial charge in [-0.2, -0.15) is 4.98 Å². The lowest BCUT2D eigenvalue weighted by molar-refractivity contribution is -0.128. The van der Waals surface area contributed by atoms with Crippen molar-refractivity contribution in [3.8, 4) is 10.9 Å². The van der Waals surface area contributed by atoms with Crippen molar-refractivity contribution in [1.29, 1.82) is 0 Å². The van der Waals surface area contributed by atoms with Crippen LogP contribution in [-0.4, -0.2) is 93.5 Å². The summed E-state index contributed by atoms with van der Waals surface area (Å²) in [5.41, 5.74) is 3.91. The van der Waals surface area contributed by atoms with Crippen LogP contribution in [0.5, 0.6) is 10.9 Å². The van der Waals surface area contributed by atoms with E-state index in [-0.39, 0.29) is 29.5 Å². The summed E-state index contributed by atoms with van der Waals surface area (Å²) in [6.07, 6.45) is 1.71. The number of ether oxygens (including phenoxy) is 3. The van der Waals surface area contributed by atoms with Crippen LogP contribution in [0.2, 0.25) is 0 Å². The smallest absolute Gasteiger partial charge is 0.274 e. The van der Waals surface area contributed by atoms with Crippen LogP contribution in [0.15, 0.2) is 66.0 Å². The van der Waals surface area contributed by atoms with E-state index < -0.39 is 11.7 Å². The molecule has 2 atom stereocenters. The van der Waals surface area contributed by atoms with E-state index in [1.54, 1.807) is 17.4 Å². The Morgan fingerprint density at radius 1 is 1.02 bits per heavy atom. The number of aliphatic hydroxyl groups is 1. The van der Waals surface area contributed by atoms with Crippen molar-refractivity contribution < 1.29 is 28.5 Å². The van der Waals surface area contributed by atoms with Crippen molar-refractivity contribution in [3.63, 3.8) is 0 Å². The first-order valence-corrected chi connectivity index (χ1v) is 23.0. The van der Waals surface area contributed by atoms with Crippen LogP contribution in [0.1, 0.15) is 111 Å². The van der Waals surface area contributed by atoms with Gasteiger partial charge in [-0.1, -0.05) is 73.7 Å². The van der Waals surface area contributed by atoms with E-state index in [0.29, 0.717) is 79.3 Å². The number of aromatic nitrogens is 2. The van der Waals surface area contributed by atoms with Crippen LogP contribution in [0.3, 0.4) is 0 Å². The zero-order chi connectivity index (χ0) is 42.6. The van der Waals surface area contributed by atoms with Crippen molar-refractivity contribution in [2.45, 2.75) is 116 Å². The molecule has 1 amide bonds. The quantitative estimate of drug-likeness (QED) is 0.107. The second-order valence-corrected chi connectivity index (χ2v) is 19.7. The number of thiazole rings is 2. The second kappa shape index (κ2) is 19.0. The van der Waals surface area contributed by atoms with Crippen LogP contribution >= 0.6 is 22.7 Å². The van der Waals surface area contributed by atoms with Crippen LogP contribution in [0, 0.1) is 5.82 Å². The Hall–Kier alpha value is -3.98. The molecule has 7 rings (SSSR count). The predicted molar refractivity (Wildman–Crippen MR) is 238 cm³/mol. The highest BCUT2D eigenvalue weighted by molar-refractivity contribution is 7.20. The van der Waals surface area contributed by atoms with Crippen LogP contribution in [0.4, 0.5) is 4.39 Å². The molecule has 3 aromatic carbocycles. The third kappa shape index (κ3) is 10.9. The number of morpholine rings is 1. The Morgan fingerprint density at radius 3 is 2.48 bits per heavy atom. The van der Waals surface area contributed by atoms with Crippen molar-refractivity contribution >= 4 is 38.8 Å². The normalized spacial score (nSPS) is 17.1. The SMILES string of the molecule is CC(C)Oc1nc2c(OC(C)(C)C)ccc([C@@H](O)C(Cc3ccccc3)NCCc3cc(CN4CCC5(CC4)CN(C(=O)c4csc(C(C)C)n4)CCO5)ccc3F)c2s1. The summed E-state index contributed by atoms with van der Waals surface area (Å²) in [6, 6.07) is 19.0. The molecule has 13 heteroatoms. The number of rotatable bonds is 15. The minimum Gasteiger partial charge on any atom is -0.486 e. The molecule has 5 aromatic rings. The maximum Gasteiger partial charge on any atom is 0.274 e. The van der Waals surface area contributed by atoms with Crippen molar-refractivity contribution in [1.82, 2.24) is 25.1 Å². The Labute approximate surface area is 362 Å². The molecule has 0 saturated carbocycles. The molecule has 2 aromatic heterocycles. The summed E-state index contributed by atoms with van der Waals surface area (Å²) in [7, 11) is 0. The number of nitrogens with zero attached hydrogens (tertiary/aromatic N) is 4. The first-order chi connectivity index (χ1) is 28.6. The van der Waals surface area contributed by atoms with Gasteiger partial charge in [0, 0.05) is 49.1 Å². The number of nitrogens with one attached hydrogen (secondary N) is 1. The van der Waals surface area contributed by atoms with E-state index >= 15 is 4.39 Å². The Bertz CT molecular complexity index is 2210. The number of likely N-dealkylation sites (tertiary alicyclic amines) is 1. The monoisotopic (exact) mass is 857 g/mol. The van der Waals surface area contributed by atoms with E-state index in [1.165, 1.54) is 11.3 Å². The Balaban J connectivity index is 1.00. The fourth-order valence-corrected chi connectivity index (χ4v) is 9.99. The van der Waals surface area contributed by atoms with Crippen LogP contribution in [-0.2, 0) is 24.1 Å². The van der Waals surface area contributed by atoms with Gasteiger partial charge in [0.25, 0.3) is 11.1 Å². The lowest BCUT2D eigenvalue weighted by atomic mass is 9.89. The van der Waals surface area contributed by atoms with Gasteiger partial charge < -0.3 is 29.5 Å². The van der Waals surface area contributed by atoms with E-state index in [4.69, 9.17) is 19.2 Å². The minimum atomic E-state index is -0.898. The third-order valence-electron chi connectivity index (χ3n) is 11.1. The Kier molecular flexibility index (Phi) is 13.9. The molecule has 10 nitrogen and oxygen atoms in total. The molecule has 1 unspecified atom stereocenters. The zero-order valence-corrected chi connectivity index (χ0v) is 37.6. The maximum atomic E-state index is 15.4. The number of amides is 1. The molecule has 0 radical (unpaired) electrons. The van der Waals surface area contributed by atoms with Gasteiger partial charge in [-0.3, -0.25) is 9.69 Å². The average Bonchev–Trinajstić information content (AvgIpc) is 3.88. The molecule has 4 heterocycles. The maximum absolute atomic E-state index is 15.4. The van der Waals surface area contributed by atoms with E-state index in [0.717, 1.165) is 52.3 Å². The van der Waals surface area contributed by atoms with Crippen molar-refractivity contribution in [2.24, 2.45) is 0 Å². The molecule has 60 heavy (non-hydrogen) atoms. The number of carbonyl (C=O) groups excluding carboxylic acids is 1. The Morgan fingerprint density at radius 2 is 1.78 bits per heavy atom. The van der Waals surface area contributed by atoms with Gasteiger partial charge in [0.15, 0.2) is 0 Å². The average molecular weight is 858 g/mol. The second-order valence-electron chi connectivity index (χ2n) is 17.8. The van der Waals surface area contributed by atoms with Gasteiger partial charge in [0.05, 0.1) is 40.7 Å². The number of halogens is 1. The molecular weight excluding hydrogens is 798 g/mol. The van der Waals surface area contributed by atoms with Crippen molar-refractivity contribution in [3.05, 3.63) is 105 Å². The molecule has 2 aliphatic heterocycles. The van der Waals surface area contributed by atoms with Gasteiger partial charge in [-0.15, -0.1) is 11.3 Å². The number of carbonyl (C=O) groups is 1. The zero-order valence-electron chi connectivity index (χ0n) is 36.0. The van der Waals surface area contributed by atoms with Gasteiger partial charge in [0.1, 0.15) is 28.4 Å². The summed E-state index contributed by atoms with van der Waals surface area (Å²) < 4.78 is 34.9. The van der Waals surface area contributed by atoms with Crippen LogP contribution < -0.4 is 14.8 Å². The van der Waals surface area contributed by atoms with E-state index in [1.807, 2.05) is 87.4 Å². The lowest BCUT2D eigenvalue weighted by Gasteiger charge is -2.47. The number of hydrogen-bond acceptors (Lipinski definition) is 11. The summed E-state index contributed by atoms with van der Waals surface area (Å²) in [5, 5.41) is 19.2. The number of hydrogen-bond donors (Lipinski definition) is 2. The van der Waals surface area contributed by atoms with Crippen LogP contribution in [0.25, 0.3) is 10.2 Å². The lowest BCUT2D eigenvalue weighted by Crippen LogP contribution is -2.58. The molecule has 2 aliphatic rings. The van der Waals surface area contributed by atoms with Gasteiger partial charge in [-0.25, -0.2) is 9.37 Å². The predicted octanol–water partition coefficient (Wildman–Crippen LogP) is 8.96. The molecule has 0 bridgehead atoms. The van der Waals surface area contributed by atoms with Gasteiger partial charge in [0.2, 0.25) is 0 Å². The fraction of sp³-hybridized carbons (Fsp3) is 0.511. The number of benzene rings is 3. The fourth-order valence-electron chi connectivity index (χ4n) is 8.08. The minimum absolute atomic E-state index is 0.0132. The summed E-state index contributed by atoms with van der Waals surface area (Å²) in [5.74, 6) is 0.684. The molecule has 0 aliphatic carbocycles. The standard InChI is InChI=1S/C47H60FN5O5S2/c1-30(2)43-50-38(28-59-43)44(55)53-23-24-56-47(29-53)18-21-52(22-19-47)27-33-13-15-36(48)34(25-33)17-20-49-37(26-32-11-9-8-10-12-32)41(54)35-14-16-39(58-46(5,6)7)40-42(35)60-45(51-40)57-31(3)4/h8-16,25,28,30-31,37,41,49,54H,17-24,26-27,29H2,1-7H3/t37?,41-/m1/s1. The van der Waals surface area contributed by atoms with E-state index in [2.05, 4.69) is 41.2 Å². The largest absolute Gasteiger partial charge is 0.486 e. The molecular formula is C47H60FN5O5S2. The molecule has 2 N–H and O–H groups in total. The number of piperidine rings is 1. The number of fused-ring (bicyclic) bond motifs is 1. The summed E-state index contributed by atoms with van der Waals surface area (Å²) in [6.45, 7) is 18.6. The molecule has 2 fully saturated rings. The molecule has 2 saturated heterocycles. The van der Waals surface area contributed by atoms with E-state index in [9.17, 15) is 9.90 Å². The number of aliphatic hydroxyl groups excluding tert-OH is 1. The highest BCUT2D eigenvalue weighted by Crippen LogP contribution is 2.41. The molecule has 1 spiro atoms. The highest BCUT2D eigenvalue weighted by atomic mass is 32.1. The highest BCUT2D eigenvalue weighted by Gasteiger charge is 2.41. The van der Waals surface area contributed by atoms with Gasteiger partial charge in [-0.05, 0) is 95.7 Å². The van der Waals surface area contributed by atoms with Gasteiger partial charge >= 0.3 is 0 Å². The first kappa shape index (κ1) is 44.1.